The first-order valence-electron chi connectivity index (χ1n) is 6.10. The second-order valence-corrected chi connectivity index (χ2v) is 3.95. The van der Waals surface area contributed by atoms with Crippen LogP contribution in [0, 0.1) is 0 Å². The van der Waals surface area contributed by atoms with Crippen molar-refractivity contribution in [2.24, 2.45) is 0 Å². The quantitative estimate of drug-likeness (QED) is 0.825. The van der Waals surface area contributed by atoms with E-state index in [0.29, 0.717) is 17.9 Å². The van der Waals surface area contributed by atoms with Gasteiger partial charge in [0.2, 0.25) is 5.91 Å². The van der Waals surface area contributed by atoms with Crippen molar-refractivity contribution in [1.82, 2.24) is 15.0 Å². The molecule has 0 aliphatic heterocycles. The average Bonchev–Trinajstić information content (AvgIpc) is 2.92. The number of nitrogens with one attached hydrogen (secondary N) is 1. The first kappa shape index (κ1) is 13.7. The van der Waals surface area contributed by atoms with Crippen LogP contribution in [-0.4, -0.2) is 33.5 Å². The predicted octanol–water partition coefficient (Wildman–Crippen LogP) is 1.09. The van der Waals surface area contributed by atoms with E-state index >= 15 is 0 Å². The second kappa shape index (κ2) is 6.46. The minimum absolute atomic E-state index is 0.0830. The molecule has 1 amide bonds. The molecule has 2 rings (SSSR count). The Hall–Kier alpha value is -2.70. The molecule has 20 heavy (non-hydrogen) atoms. The average molecular weight is 274 g/mol. The summed E-state index contributed by atoms with van der Waals surface area (Å²) in [6, 6.07) is 6.49. The normalized spacial score (nSPS) is 10.1. The molecular formula is C13H14N4O3. The van der Waals surface area contributed by atoms with Gasteiger partial charge in [0.15, 0.2) is 0 Å². The molecule has 0 saturated heterocycles. The Labute approximate surface area is 115 Å². The monoisotopic (exact) mass is 274 g/mol. The highest BCUT2D eigenvalue weighted by Gasteiger charge is 2.07. The summed E-state index contributed by atoms with van der Waals surface area (Å²) in [6.07, 6.45) is 3.10. The van der Waals surface area contributed by atoms with Gasteiger partial charge in [0.25, 0.3) is 0 Å². The molecule has 104 valence electrons. The van der Waals surface area contributed by atoms with Crippen molar-refractivity contribution in [3.05, 3.63) is 42.2 Å². The Kier molecular flexibility index (Phi) is 4.43. The predicted molar refractivity (Wildman–Crippen MR) is 71.1 cm³/mol. The Bertz CT molecular complexity index is 578. The molecular weight excluding hydrogens is 260 g/mol. The molecule has 0 radical (unpaired) electrons. The molecule has 0 bridgehead atoms. The van der Waals surface area contributed by atoms with Gasteiger partial charge in [-0.15, -0.1) is 5.10 Å². The number of amides is 1. The lowest BCUT2D eigenvalue weighted by Crippen LogP contribution is -2.19. The van der Waals surface area contributed by atoms with Crippen LogP contribution in [0.5, 0.6) is 0 Å². The molecule has 7 heteroatoms. The number of ether oxygens (including phenoxy) is 1. The molecule has 1 aromatic heterocycles. The van der Waals surface area contributed by atoms with Gasteiger partial charge in [-0.2, -0.15) is 0 Å². The van der Waals surface area contributed by atoms with Crippen LogP contribution in [0.2, 0.25) is 0 Å². The van der Waals surface area contributed by atoms with Gasteiger partial charge in [0, 0.05) is 11.9 Å². The van der Waals surface area contributed by atoms with Gasteiger partial charge < -0.3 is 10.1 Å². The number of nitrogens with zero attached hydrogens (tertiary/aromatic N) is 3. The lowest BCUT2D eigenvalue weighted by molar-refractivity contribution is -0.116. The van der Waals surface area contributed by atoms with E-state index in [2.05, 4.69) is 15.6 Å². The van der Waals surface area contributed by atoms with Crippen LogP contribution in [0.25, 0.3) is 0 Å². The standard InChI is InChI=1S/C13H14N4O3/c1-2-20-13(19)10-3-5-11(6-4-10)15-12(18)9-17-8-7-14-16-17/h3-8H,2,9H2,1H3,(H,15,18). The highest BCUT2D eigenvalue weighted by atomic mass is 16.5. The van der Waals surface area contributed by atoms with Crippen molar-refractivity contribution in [3.63, 3.8) is 0 Å². The number of carbonyl (C=O) groups is 2. The fraction of sp³-hybridized carbons (Fsp3) is 0.231. The Balaban J connectivity index is 1.93. The van der Waals surface area contributed by atoms with Crippen molar-refractivity contribution >= 4 is 17.6 Å². The smallest absolute Gasteiger partial charge is 0.338 e. The fourth-order valence-electron chi connectivity index (χ4n) is 1.57. The zero-order valence-corrected chi connectivity index (χ0v) is 10.9. The first-order chi connectivity index (χ1) is 9.69. The molecule has 0 spiro atoms. The summed E-state index contributed by atoms with van der Waals surface area (Å²) in [5.41, 5.74) is 1.05. The number of benzene rings is 1. The van der Waals surface area contributed by atoms with Gasteiger partial charge in [-0.1, -0.05) is 5.21 Å². The van der Waals surface area contributed by atoms with Crippen LogP contribution in [0.1, 0.15) is 17.3 Å². The lowest BCUT2D eigenvalue weighted by atomic mass is 10.2. The Morgan fingerprint density at radius 1 is 1.30 bits per heavy atom. The van der Waals surface area contributed by atoms with E-state index in [4.69, 9.17) is 4.74 Å². The molecule has 7 nitrogen and oxygen atoms in total. The summed E-state index contributed by atoms with van der Waals surface area (Å²) in [7, 11) is 0. The highest BCUT2D eigenvalue weighted by molar-refractivity contribution is 5.92. The molecule has 2 aromatic rings. The molecule has 1 aromatic carbocycles. The number of hydrogen-bond donors (Lipinski definition) is 1. The van der Waals surface area contributed by atoms with E-state index in [9.17, 15) is 9.59 Å². The van der Waals surface area contributed by atoms with Gasteiger partial charge in [-0.25, -0.2) is 9.48 Å². The number of esters is 1. The maximum absolute atomic E-state index is 11.7. The summed E-state index contributed by atoms with van der Waals surface area (Å²) in [4.78, 5) is 23.2. The van der Waals surface area contributed by atoms with Gasteiger partial charge in [-0.05, 0) is 31.2 Å². The zero-order valence-electron chi connectivity index (χ0n) is 10.9. The van der Waals surface area contributed by atoms with E-state index in [1.807, 2.05) is 0 Å². The Morgan fingerprint density at radius 2 is 2.05 bits per heavy atom. The maximum Gasteiger partial charge on any atom is 0.338 e. The number of rotatable bonds is 5. The van der Waals surface area contributed by atoms with E-state index < -0.39 is 0 Å². The number of carbonyl (C=O) groups excluding carboxylic acids is 2. The van der Waals surface area contributed by atoms with E-state index in [0.717, 1.165) is 0 Å². The van der Waals surface area contributed by atoms with E-state index in [1.54, 1.807) is 37.4 Å². The third kappa shape index (κ3) is 3.64. The highest BCUT2D eigenvalue weighted by Crippen LogP contribution is 2.10. The van der Waals surface area contributed by atoms with Crippen LogP contribution in [-0.2, 0) is 16.1 Å². The summed E-state index contributed by atoms with van der Waals surface area (Å²) in [6.45, 7) is 2.16. The number of hydrogen-bond acceptors (Lipinski definition) is 5. The van der Waals surface area contributed by atoms with Crippen molar-refractivity contribution in [3.8, 4) is 0 Å². The van der Waals surface area contributed by atoms with Crippen LogP contribution in [0.3, 0.4) is 0 Å². The lowest BCUT2D eigenvalue weighted by Gasteiger charge is -2.06. The van der Waals surface area contributed by atoms with Crippen LogP contribution in [0.4, 0.5) is 5.69 Å². The van der Waals surface area contributed by atoms with E-state index in [-0.39, 0.29) is 18.4 Å². The minimum atomic E-state index is -0.381. The van der Waals surface area contributed by atoms with Gasteiger partial charge in [0.05, 0.1) is 18.4 Å². The molecule has 0 aliphatic rings. The molecule has 1 N–H and O–H groups in total. The Morgan fingerprint density at radius 3 is 2.65 bits per heavy atom. The molecule has 0 aliphatic carbocycles. The van der Waals surface area contributed by atoms with Crippen molar-refractivity contribution < 1.29 is 14.3 Å². The van der Waals surface area contributed by atoms with Gasteiger partial charge in [0.1, 0.15) is 6.54 Å². The second-order valence-electron chi connectivity index (χ2n) is 3.95. The summed E-state index contributed by atoms with van der Waals surface area (Å²) in [5, 5.41) is 10.0. The largest absolute Gasteiger partial charge is 0.462 e. The third-order valence-electron chi connectivity index (χ3n) is 2.46. The topological polar surface area (TPSA) is 86.1 Å². The van der Waals surface area contributed by atoms with Crippen molar-refractivity contribution in [1.29, 1.82) is 0 Å². The summed E-state index contributed by atoms with van der Waals surface area (Å²) >= 11 is 0. The zero-order chi connectivity index (χ0) is 14.4. The van der Waals surface area contributed by atoms with Crippen LogP contribution >= 0.6 is 0 Å². The van der Waals surface area contributed by atoms with Crippen LogP contribution in [0.15, 0.2) is 36.7 Å². The van der Waals surface area contributed by atoms with Crippen molar-refractivity contribution in [2.75, 3.05) is 11.9 Å². The van der Waals surface area contributed by atoms with Crippen LogP contribution < -0.4 is 5.32 Å². The third-order valence-corrected chi connectivity index (χ3v) is 2.46. The number of aromatic nitrogens is 3. The molecule has 0 atom stereocenters. The van der Waals surface area contributed by atoms with Crippen molar-refractivity contribution in [2.45, 2.75) is 13.5 Å². The minimum Gasteiger partial charge on any atom is -0.462 e. The summed E-state index contributed by atoms with van der Waals surface area (Å²) in [5.74, 6) is -0.604. The fourth-order valence-corrected chi connectivity index (χ4v) is 1.57. The molecule has 1 heterocycles. The summed E-state index contributed by atoms with van der Waals surface area (Å²) < 4.78 is 6.29. The van der Waals surface area contributed by atoms with Gasteiger partial charge in [-0.3, -0.25) is 4.79 Å². The molecule has 0 unspecified atom stereocenters. The maximum atomic E-state index is 11.7. The SMILES string of the molecule is CCOC(=O)c1ccc(NC(=O)Cn2ccnn2)cc1. The molecule has 0 saturated carbocycles. The first-order valence-corrected chi connectivity index (χ1v) is 6.10. The van der Waals surface area contributed by atoms with Gasteiger partial charge >= 0.3 is 5.97 Å². The van der Waals surface area contributed by atoms with E-state index in [1.165, 1.54) is 10.9 Å². The number of anilines is 1. The molecule has 0 fully saturated rings.